The molecule has 0 bridgehead atoms. The summed E-state index contributed by atoms with van der Waals surface area (Å²) in [5.41, 5.74) is 0.480. The molecule has 0 aromatic heterocycles. The molecule has 0 aliphatic carbocycles. The zero-order valence-corrected chi connectivity index (χ0v) is 15.6. The molecule has 0 saturated carbocycles. The van der Waals surface area contributed by atoms with Gasteiger partial charge in [0.05, 0.1) is 5.92 Å². The molecule has 1 aromatic carbocycles. The van der Waals surface area contributed by atoms with Crippen LogP contribution in [0.15, 0.2) is 30.3 Å². The molecule has 1 aromatic rings. The maximum absolute atomic E-state index is 13.1. The van der Waals surface area contributed by atoms with Gasteiger partial charge in [-0.2, -0.15) is 0 Å². The van der Waals surface area contributed by atoms with Crippen LogP contribution in [0.1, 0.15) is 57.3 Å². The summed E-state index contributed by atoms with van der Waals surface area (Å²) in [6, 6.07) is 9.37. The molecule has 2 rings (SSSR count). The molecule has 1 fully saturated rings. The fraction of sp³-hybridized carbons (Fsp3) is 0.600. The summed E-state index contributed by atoms with van der Waals surface area (Å²) in [6.45, 7) is 8.89. The van der Waals surface area contributed by atoms with Crippen LogP contribution in [-0.2, 0) is 4.79 Å². The van der Waals surface area contributed by atoms with Gasteiger partial charge in [0.15, 0.2) is 0 Å². The minimum absolute atomic E-state index is 0.0105. The molecular formula is C20H30N2O2. The van der Waals surface area contributed by atoms with Crippen molar-refractivity contribution in [3.05, 3.63) is 35.9 Å². The molecule has 4 nitrogen and oxygen atoms in total. The van der Waals surface area contributed by atoms with Gasteiger partial charge in [0.25, 0.3) is 5.91 Å². The molecule has 0 spiro atoms. The third kappa shape index (κ3) is 3.80. The van der Waals surface area contributed by atoms with Gasteiger partial charge in [-0.05, 0) is 18.6 Å². The summed E-state index contributed by atoms with van der Waals surface area (Å²) in [5, 5.41) is 0. The molecule has 0 radical (unpaired) electrons. The smallest absolute Gasteiger partial charge is 0.255 e. The Hall–Kier alpha value is -1.84. The highest BCUT2D eigenvalue weighted by Crippen LogP contribution is 2.34. The highest BCUT2D eigenvalue weighted by atomic mass is 16.2. The Morgan fingerprint density at radius 2 is 1.83 bits per heavy atom. The number of hydrogen-bond acceptors (Lipinski definition) is 2. The number of unbranched alkanes of at least 4 members (excludes halogenated alkanes) is 1. The number of carbonyl (C=O) groups excluding carboxylic acids is 2. The number of nitrogens with zero attached hydrogens (tertiary/aromatic N) is 2. The fourth-order valence-electron chi connectivity index (χ4n) is 3.69. The van der Waals surface area contributed by atoms with E-state index in [1.807, 2.05) is 42.3 Å². The predicted octanol–water partition coefficient (Wildman–Crippen LogP) is 3.78. The van der Waals surface area contributed by atoms with Crippen LogP contribution in [0.3, 0.4) is 0 Å². The minimum Gasteiger partial charge on any atom is -0.324 e. The van der Waals surface area contributed by atoms with Crippen LogP contribution >= 0.6 is 0 Å². The SMILES string of the molecule is CCCC[C@H]1CN(C(=O)c2ccccc2)C(C(C)(C)C)N(C)C1=O. The van der Waals surface area contributed by atoms with Crippen LogP contribution in [0.5, 0.6) is 0 Å². The van der Waals surface area contributed by atoms with Gasteiger partial charge in [-0.3, -0.25) is 9.59 Å². The normalized spacial score (nSPS) is 22.0. The quantitative estimate of drug-likeness (QED) is 0.843. The Kier molecular flexibility index (Phi) is 5.68. The third-order valence-corrected chi connectivity index (χ3v) is 4.74. The number of amides is 2. The molecule has 2 atom stereocenters. The fourth-order valence-corrected chi connectivity index (χ4v) is 3.69. The largest absolute Gasteiger partial charge is 0.324 e. The highest BCUT2D eigenvalue weighted by Gasteiger charge is 2.45. The van der Waals surface area contributed by atoms with Crippen molar-refractivity contribution in [2.45, 2.75) is 53.1 Å². The van der Waals surface area contributed by atoms with Crippen LogP contribution < -0.4 is 0 Å². The maximum Gasteiger partial charge on any atom is 0.255 e. The van der Waals surface area contributed by atoms with E-state index in [1.165, 1.54) is 0 Å². The third-order valence-electron chi connectivity index (χ3n) is 4.74. The van der Waals surface area contributed by atoms with Crippen molar-refractivity contribution >= 4 is 11.8 Å². The van der Waals surface area contributed by atoms with E-state index < -0.39 is 0 Å². The van der Waals surface area contributed by atoms with Gasteiger partial charge in [0.2, 0.25) is 5.91 Å². The van der Waals surface area contributed by atoms with Gasteiger partial charge in [-0.15, -0.1) is 0 Å². The first-order valence-corrected chi connectivity index (χ1v) is 8.90. The Balaban J connectivity index is 2.35. The van der Waals surface area contributed by atoms with Crippen molar-refractivity contribution in [2.24, 2.45) is 11.3 Å². The Bertz CT molecular complexity index is 577. The van der Waals surface area contributed by atoms with E-state index in [2.05, 4.69) is 27.7 Å². The van der Waals surface area contributed by atoms with Crippen molar-refractivity contribution in [1.29, 1.82) is 0 Å². The van der Waals surface area contributed by atoms with Crippen molar-refractivity contribution in [3.63, 3.8) is 0 Å². The van der Waals surface area contributed by atoms with E-state index in [4.69, 9.17) is 0 Å². The second-order valence-electron chi connectivity index (χ2n) is 7.85. The highest BCUT2D eigenvalue weighted by molar-refractivity contribution is 5.95. The van der Waals surface area contributed by atoms with Crippen LogP contribution in [0, 0.1) is 11.3 Å². The molecule has 132 valence electrons. The maximum atomic E-state index is 13.1. The van der Waals surface area contributed by atoms with E-state index in [9.17, 15) is 9.59 Å². The van der Waals surface area contributed by atoms with E-state index >= 15 is 0 Å². The van der Waals surface area contributed by atoms with Crippen molar-refractivity contribution < 1.29 is 9.59 Å². The van der Waals surface area contributed by atoms with Gasteiger partial charge in [0, 0.05) is 24.6 Å². The Morgan fingerprint density at radius 1 is 1.21 bits per heavy atom. The van der Waals surface area contributed by atoms with Gasteiger partial charge in [-0.25, -0.2) is 0 Å². The van der Waals surface area contributed by atoms with E-state index in [0.717, 1.165) is 19.3 Å². The molecule has 2 amide bonds. The van der Waals surface area contributed by atoms with Gasteiger partial charge >= 0.3 is 0 Å². The Morgan fingerprint density at radius 3 is 2.38 bits per heavy atom. The molecule has 1 unspecified atom stereocenters. The van der Waals surface area contributed by atoms with E-state index in [1.54, 1.807) is 4.90 Å². The average molecular weight is 330 g/mol. The minimum atomic E-state index is -0.226. The number of hydrogen-bond donors (Lipinski definition) is 0. The molecule has 1 saturated heterocycles. The zero-order chi connectivity index (χ0) is 17.9. The van der Waals surface area contributed by atoms with Crippen molar-refractivity contribution in [1.82, 2.24) is 9.80 Å². The molecule has 1 heterocycles. The van der Waals surface area contributed by atoms with Gasteiger partial charge in [0.1, 0.15) is 6.17 Å². The van der Waals surface area contributed by atoms with Crippen LogP contribution in [-0.4, -0.2) is 41.4 Å². The monoisotopic (exact) mass is 330 g/mol. The lowest BCUT2D eigenvalue weighted by Crippen LogP contribution is -2.64. The van der Waals surface area contributed by atoms with Crippen molar-refractivity contribution in [3.8, 4) is 0 Å². The van der Waals surface area contributed by atoms with Gasteiger partial charge < -0.3 is 9.80 Å². The lowest BCUT2D eigenvalue weighted by atomic mass is 9.85. The topological polar surface area (TPSA) is 40.6 Å². The number of carbonyl (C=O) groups is 2. The second kappa shape index (κ2) is 7.37. The Labute approximate surface area is 145 Å². The molecule has 24 heavy (non-hydrogen) atoms. The second-order valence-corrected chi connectivity index (χ2v) is 7.85. The zero-order valence-electron chi connectivity index (χ0n) is 15.6. The molecule has 4 heteroatoms. The first kappa shape index (κ1) is 18.5. The predicted molar refractivity (Wildman–Crippen MR) is 96.5 cm³/mol. The molecule has 0 N–H and O–H groups in total. The molecular weight excluding hydrogens is 300 g/mol. The van der Waals surface area contributed by atoms with Crippen molar-refractivity contribution in [2.75, 3.05) is 13.6 Å². The summed E-state index contributed by atoms with van der Waals surface area (Å²) in [6.07, 6.45) is 2.69. The number of rotatable bonds is 4. The van der Waals surface area contributed by atoms with Gasteiger partial charge in [-0.1, -0.05) is 58.7 Å². The summed E-state index contributed by atoms with van der Waals surface area (Å²) in [5.74, 6) is 0.0815. The lowest BCUT2D eigenvalue weighted by Gasteiger charge is -2.50. The summed E-state index contributed by atoms with van der Waals surface area (Å²) in [7, 11) is 1.83. The van der Waals surface area contributed by atoms with Crippen LogP contribution in [0.4, 0.5) is 0 Å². The number of benzene rings is 1. The lowest BCUT2D eigenvalue weighted by molar-refractivity contribution is -0.152. The summed E-state index contributed by atoms with van der Waals surface area (Å²) >= 11 is 0. The first-order valence-electron chi connectivity index (χ1n) is 8.90. The molecule has 1 aliphatic rings. The standard InChI is InChI=1S/C20H30N2O2/c1-6-7-11-16-14-22(18(24)15-12-9-8-10-13-15)19(20(2,3)4)21(5)17(16)23/h8-10,12-13,16,19H,6-7,11,14H2,1-5H3/t16-,19?/m0/s1. The van der Waals surface area contributed by atoms with Crippen LogP contribution in [0.25, 0.3) is 0 Å². The first-order chi connectivity index (χ1) is 11.3. The van der Waals surface area contributed by atoms with E-state index in [0.29, 0.717) is 12.1 Å². The summed E-state index contributed by atoms with van der Waals surface area (Å²) < 4.78 is 0. The summed E-state index contributed by atoms with van der Waals surface area (Å²) in [4.78, 5) is 29.6. The van der Waals surface area contributed by atoms with Crippen LogP contribution in [0.2, 0.25) is 0 Å². The molecule has 1 aliphatic heterocycles. The van der Waals surface area contributed by atoms with E-state index in [-0.39, 0.29) is 29.3 Å². The average Bonchev–Trinajstić information content (AvgIpc) is 2.54.